The van der Waals surface area contributed by atoms with Crippen LogP contribution in [0.25, 0.3) is 0 Å². The summed E-state index contributed by atoms with van der Waals surface area (Å²) in [5.41, 5.74) is 5.08. The first-order valence-corrected chi connectivity index (χ1v) is 4.30. The second-order valence-corrected chi connectivity index (χ2v) is 2.74. The molecule has 0 spiro atoms. The number of aliphatic hydroxyl groups excluding tert-OH is 1. The predicted molar refractivity (Wildman–Crippen MR) is 52.2 cm³/mol. The average Bonchev–Trinajstić information content (AvgIpc) is 2.25. The van der Waals surface area contributed by atoms with E-state index >= 15 is 0 Å². The molecule has 0 saturated heterocycles. The Kier molecular flexibility index (Phi) is 3.75. The summed E-state index contributed by atoms with van der Waals surface area (Å²) in [6, 6.07) is 2.97. The van der Waals surface area contributed by atoms with Crippen LogP contribution in [0.2, 0.25) is 0 Å². The molecule has 15 heavy (non-hydrogen) atoms. The molecule has 0 aliphatic carbocycles. The quantitative estimate of drug-likeness (QED) is 0.585. The van der Waals surface area contributed by atoms with E-state index in [9.17, 15) is 9.59 Å². The van der Waals surface area contributed by atoms with Crippen molar-refractivity contribution in [2.24, 2.45) is 5.73 Å². The highest BCUT2D eigenvalue weighted by atomic mass is 16.3. The maximum atomic E-state index is 11.5. The van der Waals surface area contributed by atoms with Gasteiger partial charge in [0.05, 0.1) is 12.2 Å². The van der Waals surface area contributed by atoms with E-state index in [0.29, 0.717) is 0 Å². The maximum Gasteiger partial charge on any atom is 0.268 e. The summed E-state index contributed by atoms with van der Waals surface area (Å²) in [5, 5.41) is 10.9. The monoisotopic (exact) mass is 209 g/mol. The van der Waals surface area contributed by atoms with Crippen LogP contribution in [0.5, 0.6) is 0 Å². The van der Waals surface area contributed by atoms with Crippen LogP contribution in [-0.4, -0.2) is 35.1 Å². The standard InChI is InChI=1S/C9H11N3O3/c10-8(14)7-6(2-1-3-11-7)9(15)12-4-5-13/h1-3,13H,4-5H2,(H2,10,14)(H,12,15). The van der Waals surface area contributed by atoms with E-state index in [1.54, 1.807) is 0 Å². The van der Waals surface area contributed by atoms with Crippen molar-refractivity contribution in [3.8, 4) is 0 Å². The van der Waals surface area contributed by atoms with E-state index in [4.69, 9.17) is 10.8 Å². The molecule has 1 aromatic rings. The number of nitrogens with one attached hydrogen (secondary N) is 1. The number of rotatable bonds is 4. The number of hydrogen-bond acceptors (Lipinski definition) is 4. The third kappa shape index (κ3) is 2.75. The Hall–Kier alpha value is -1.95. The van der Waals surface area contributed by atoms with E-state index in [-0.39, 0.29) is 24.4 Å². The van der Waals surface area contributed by atoms with Gasteiger partial charge in [0, 0.05) is 12.7 Å². The molecule has 1 rings (SSSR count). The fraction of sp³-hybridized carbons (Fsp3) is 0.222. The summed E-state index contributed by atoms with van der Waals surface area (Å²) in [6.07, 6.45) is 1.38. The SMILES string of the molecule is NC(=O)c1ncccc1C(=O)NCCO. The molecule has 0 aliphatic heterocycles. The summed E-state index contributed by atoms with van der Waals surface area (Å²) < 4.78 is 0. The molecular formula is C9H11N3O3. The van der Waals surface area contributed by atoms with Crippen LogP contribution < -0.4 is 11.1 Å². The molecule has 4 N–H and O–H groups in total. The van der Waals surface area contributed by atoms with Crippen molar-refractivity contribution in [3.63, 3.8) is 0 Å². The molecule has 1 heterocycles. The Labute approximate surface area is 86.1 Å². The molecule has 6 nitrogen and oxygen atoms in total. The maximum absolute atomic E-state index is 11.5. The minimum absolute atomic E-state index is 0.0760. The van der Waals surface area contributed by atoms with Crippen molar-refractivity contribution in [1.29, 1.82) is 0 Å². The lowest BCUT2D eigenvalue weighted by molar-refractivity contribution is 0.0927. The molecule has 80 valence electrons. The van der Waals surface area contributed by atoms with Crippen molar-refractivity contribution in [1.82, 2.24) is 10.3 Å². The van der Waals surface area contributed by atoms with E-state index in [2.05, 4.69) is 10.3 Å². The molecule has 1 aromatic heterocycles. The second kappa shape index (κ2) is 5.06. The third-order valence-corrected chi connectivity index (χ3v) is 1.68. The lowest BCUT2D eigenvalue weighted by Gasteiger charge is -2.05. The fourth-order valence-electron chi connectivity index (χ4n) is 1.05. The number of amides is 2. The minimum Gasteiger partial charge on any atom is -0.395 e. The minimum atomic E-state index is -0.759. The number of nitrogens with two attached hydrogens (primary N) is 1. The van der Waals surface area contributed by atoms with Crippen LogP contribution in [0.4, 0.5) is 0 Å². The van der Waals surface area contributed by atoms with Gasteiger partial charge in [-0.1, -0.05) is 0 Å². The summed E-state index contributed by atoms with van der Waals surface area (Å²) in [5.74, 6) is -1.24. The largest absolute Gasteiger partial charge is 0.395 e. The van der Waals surface area contributed by atoms with Gasteiger partial charge in [0.25, 0.3) is 11.8 Å². The summed E-state index contributed by atoms with van der Waals surface area (Å²) in [6.45, 7) is -0.0517. The predicted octanol–water partition coefficient (Wildman–Crippen LogP) is -1.10. The summed E-state index contributed by atoms with van der Waals surface area (Å²) in [7, 11) is 0. The first kappa shape index (κ1) is 11.1. The van der Waals surface area contributed by atoms with Crippen LogP contribution >= 0.6 is 0 Å². The smallest absolute Gasteiger partial charge is 0.268 e. The first-order chi connectivity index (χ1) is 7.16. The van der Waals surface area contributed by atoms with Crippen LogP contribution in [0, 0.1) is 0 Å². The van der Waals surface area contributed by atoms with Crippen molar-refractivity contribution in [3.05, 3.63) is 29.6 Å². The molecule has 0 aromatic carbocycles. The van der Waals surface area contributed by atoms with Crippen molar-refractivity contribution >= 4 is 11.8 Å². The molecule has 0 radical (unpaired) electrons. The molecule has 0 aliphatic rings. The molecule has 0 unspecified atom stereocenters. The van der Waals surface area contributed by atoms with Crippen molar-refractivity contribution in [2.45, 2.75) is 0 Å². The Morgan fingerprint density at radius 1 is 1.53 bits per heavy atom. The summed E-state index contributed by atoms with van der Waals surface area (Å²) >= 11 is 0. The van der Waals surface area contributed by atoms with E-state index in [1.165, 1.54) is 18.3 Å². The first-order valence-electron chi connectivity index (χ1n) is 4.30. The van der Waals surface area contributed by atoms with E-state index in [0.717, 1.165) is 0 Å². The van der Waals surface area contributed by atoms with Crippen molar-refractivity contribution in [2.75, 3.05) is 13.2 Å². The zero-order valence-corrected chi connectivity index (χ0v) is 7.93. The zero-order chi connectivity index (χ0) is 11.3. The normalized spacial score (nSPS) is 9.67. The Balaban J connectivity index is 2.92. The van der Waals surface area contributed by atoms with Gasteiger partial charge in [-0.15, -0.1) is 0 Å². The Morgan fingerprint density at radius 3 is 2.87 bits per heavy atom. The lowest BCUT2D eigenvalue weighted by atomic mass is 10.1. The van der Waals surface area contributed by atoms with Gasteiger partial charge in [0.15, 0.2) is 0 Å². The Bertz CT molecular complexity index is 379. The van der Waals surface area contributed by atoms with E-state index < -0.39 is 11.8 Å². The van der Waals surface area contributed by atoms with Gasteiger partial charge < -0.3 is 16.2 Å². The van der Waals surface area contributed by atoms with Crippen LogP contribution in [-0.2, 0) is 0 Å². The van der Waals surface area contributed by atoms with Crippen LogP contribution in [0.15, 0.2) is 18.3 Å². The number of carbonyl (C=O) groups excluding carboxylic acids is 2. The average molecular weight is 209 g/mol. The van der Waals surface area contributed by atoms with Gasteiger partial charge in [-0.3, -0.25) is 14.6 Å². The highest BCUT2D eigenvalue weighted by Gasteiger charge is 2.14. The molecule has 6 heteroatoms. The molecular weight excluding hydrogens is 198 g/mol. The number of nitrogens with zero attached hydrogens (tertiary/aromatic N) is 1. The second-order valence-electron chi connectivity index (χ2n) is 2.74. The number of carbonyl (C=O) groups is 2. The third-order valence-electron chi connectivity index (χ3n) is 1.68. The van der Waals surface area contributed by atoms with E-state index in [1.807, 2.05) is 0 Å². The highest BCUT2D eigenvalue weighted by Crippen LogP contribution is 2.03. The van der Waals surface area contributed by atoms with Gasteiger partial charge in [0.2, 0.25) is 0 Å². The molecule has 0 saturated carbocycles. The number of pyridine rings is 1. The number of aromatic nitrogens is 1. The molecule has 0 bridgehead atoms. The topological polar surface area (TPSA) is 105 Å². The molecule has 0 atom stereocenters. The van der Waals surface area contributed by atoms with Gasteiger partial charge in [-0.2, -0.15) is 0 Å². The molecule has 2 amide bonds. The Morgan fingerprint density at radius 2 is 2.27 bits per heavy atom. The number of hydrogen-bond donors (Lipinski definition) is 3. The van der Waals surface area contributed by atoms with Gasteiger partial charge >= 0.3 is 0 Å². The highest BCUT2D eigenvalue weighted by molar-refractivity contribution is 6.05. The molecule has 0 fully saturated rings. The van der Waals surface area contributed by atoms with Gasteiger partial charge in [0.1, 0.15) is 5.69 Å². The fourth-order valence-corrected chi connectivity index (χ4v) is 1.05. The lowest BCUT2D eigenvalue weighted by Crippen LogP contribution is -2.29. The zero-order valence-electron chi connectivity index (χ0n) is 7.93. The van der Waals surface area contributed by atoms with Crippen molar-refractivity contribution < 1.29 is 14.7 Å². The number of primary amides is 1. The van der Waals surface area contributed by atoms with Crippen LogP contribution in [0.3, 0.4) is 0 Å². The summed E-state index contributed by atoms with van der Waals surface area (Å²) in [4.78, 5) is 26.1. The van der Waals surface area contributed by atoms with Gasteiger partial charge in [-0.25, -0.2) is 0 Å². The van der Waals surface area contributed by atoms with Gasteiger partial charge in [-0.05, 0) is 12.1 Å². The number of aliphatic hydroxyl groups is 1. The van der Waals surface area contributed by atoms with Crippen LogP contribution in [0.1, 0.15) is 20.8 Å².